The van der Waals surface area contributed by atoms with Crippen LogP contribution in [0.4, 0.5) is 17.3 Å². The minimum atomic E-state index is 0.799. The molecule has 2 aromatic rings. The molecule has 5 heteroatoms. The zero-order valence-corrected chi connectivity index (χ0v) is 13.7. The molecule has 4 nitrogen and oxygen atoms in total. The standard InChI is InChI=1S/C16H19BrN4/c1-12-18-15(20-14-8-4-3-7-13(14)17)11-16(19-12)21-9-5-2-6-10-21/h3-4,7-8,11H,2,5-6,9-10H2,1H3,(H,18,19,20). The van der Waals surface area contributed by atoms with E-state index in [1.54, 1.807) is 0 Å². The van der Waals surface area contributed by atoms with Gasteiger partial charge in [0, 0.05) is 23.6 Å². The monoisotopic (exact) mass is 346 g/mol. The summed E-state index contributed by atoms with van der Waals surface area (Å²) in [4.78, 5) is 11.4. The van der Waals surface area contributed by atoms with Crippen LogP contribution in [0.15, 0.2) is 34.8 Å². The minimum Gasteiger partial charge on any atom is -0.356 e. The summed E-state index contributed by atoms with van der Waals surface area (Å²) < 4.78 is 1.03. The largest absolute Gasteiger partial charge is 0.356 e. The normalized spacial score (nSPS) is 15.0. The van der Waals surface area contributed by atoms with Crippen molar-refractivity contribution in [2.75, 3.05) is 23.3 Å². The molecule has 1 aliphatic heterocycles. The van der Waals surface area contributed by atoms with E-state index in [2.05, 4.69) is 36.1 Å². The van der Waals surface area contributed by atoms with Crippen LogP contribution in [0.3, 0.4) is 0 Å². The molecule has 0 spiro atoms. The zero-order chi connectivity index (χ0) is 14.7. The van der Waals surface area contributed by atoms with Crippen LogP contribution in [-0.2, 0) is 0 Å². The van der Waals surface area contributed by atoms with Crippen LogP contribution in [0.25, 0.3) is 0 Å². The van der Waals surface area contributed by atoms with Gasteiger partial charge in [0.05, 0.1) is 5.69 Å². The average Bonchev–Trinajstić information content (AvgIpc) is 2.50. The summed E-state index contributed by atoms with van der Waals surface area (Å²) >= 11 is 3.55. The molecule has 3 rings (SSSR count). The first-order valence-corrected chi connectivity index (χ1v) is 8.14. The molecule has 1 N–H and O–H groups in total. The summed E-state index contributed by atoms with van der Waals surface area (Å²) in [6, 6.07) is 10.1. The van der Waals surface area contributed by atoms with Gasteiger partial charge in [0.1, 0.15) is 17.5 Å². The van der Waals surface area contributed by atoms with E-state index in [1.165, 1.54) is 19.3 Å². The third-order valence-corrected chi connectivity index (χ3v) is 4.33. The molecule has 0 amide bonds. The maximum atomic E-state index is 4.58. The number of aryl methyl sites for hydroxylation is 1. The quantitative estimate of drug-likeness (QED) is 0.900. The second-order valence-corrected chi connectivity index (χ2v) is 6.17. The Bertz CT molecular complexity index is 623. The Morgan fingerprint density at radius 2 is 1.86 bits per heavy atom. The van der Waals surface area contributed by atoms with Crippen molar-refractivity contribution in [1.29, 1.82) is 0 Å². The molecule has 1 aromatic heterocycles. The lowest BCUT2D eigenvalue weighted by Gasteiger charge is -2.28. The van der Waals surface area contributed by atoms with Gasteiger partial charge >= 0.3 is 0 Å². The van der Waals surface area contributed by atoms with Crippen LogP contribution >= 0.6 is 15.9 Å². The van der Waals surface area contributed by atoms with Crippen molar-refractivity contribution >= 4 is 33.3 Å². The molecule has 0 radical (unpaired) electrons. The molecule has 0 bridgehead atoms. The molecule has 0 atom stereocenters. The number of aromatic nitrogens is 2. The SMILES string of the molecule is Cc1nc(Nc2ccccc2Br)cc(N2CCCCC2)n1. The maximum absolute atomic E-state index is 4.58. The van der Waals surface area contributed by atoms with E-state index in [-0.39, 0.29) is 0 Å². The Balaban J connectivity index is 1.85. The van der Waals surface area contributed by atoms with Crippen LogP contribution < -0.4 is 10.2 Å². The second-order valence-electron chi connectivity index (χ2n) is 5.31. The molecule has 21 heavy (non-hydrogen) atoms. The third-order valence-electron chi connectivity index (χ3n) is 3.64. The molecular weight excluding hydrogens is 328 g/mol. The zero-order valence-electron chi connectivity index (χ0n) is 12.1. The highest BCUT2D eigenvalue weighted by atomic mass is 79.9. The van der Waals surface area contributed by atoms with E-state index in [9.17, 15) is 0 Å². The van der Waals surface area contributed by atoms with Gasteiger partial charge in [-0.05, 0) is 54.2 Å². The summed E-state index contributed by atoms with van der Waals surface area (Å²) in [6.07, 6.45) is 3.81. The number of nitrogens with one attached hydrogen (secondary N) is 1. The van der Waals surface area contributed by atoms with Crippen LogP contribution in [0.1, 0.15) is 25.1 Å². The number of rotatable bonds is 3. The van der Waals surface area contributed by atoms with Crippen molar-refractivity contribution in [1.82, 2.24) is 9.97 Å². The van der Waals surface area contributed by atoms with E-state index in [1.807, 2.05) is 37.3 Å². The van der Waals surface area contributed by atoms with Crippen molar-refractivity contribution in [3.8, 4) is 0 Å². The number of para-hydroxylation sites is 1. The van der Waals surface area contributed by atoms with Crippen molar-refractivity contribution in [3.05, 3.63) is 40.6 Å². The first-order chi connectivity index (χ1) is 10.2. The summed E-state index contributed by atoms with van der Waals surface area (Å²) in [7, 11) is 0. The van der Waals surface area contributed by atoms with Gasteiger partial charge in [-0.2, -0.15) is 0 Å². The van der Waals surface area contributed by atoms with Gasteiger partial charge < -0.3 is 10.2 Å². The topological polar surface area (TPSA) is 41.1 Å². The van der Waals surface area contributed by atoms with E-state index in [4.69, 9.17) is 0 Å². The van der Waals surface area contributed by atoms with Gasteiger partial charge in [0.25, 0.3) is 0 Å². The highest BCUT2D eigenvalue weighted by molar-refractivity contribution is 9.10. The summed E-state index contributed by atoms with van der Waals surface area (Å²) in [5.41, 5.74) is 1.01. The Hall–Kier alpha value is -1.62. The van der Waals surface area contributed by atoms with Gasteiger partial charge in [-0.15, -0.1) is 0 Å². The minimum absolute atomic E-state index is 0.799. The summed E-state index contributed by atoms with van der Waals surface area (Å²) in [5, 5.41) is 3.37. The van der Waals surface area contributed by atoms with Gasteiger partial charge in [0.2, 0.25) is 0 Å². The number of hydrogen-bond donors (Lipinski definition) is 1. The molecule has 0 saturated carbocycles. The third kappa shape index (κ3) is 3.53. The Morgan fingerprint density at radius 1 is 1.10 bits per heavy atom. The number of piperidine rings is 1. The van der Waals surface area contributed by atoms with Crippen LogP contribution in [0.5, 0.6) is 0 Å². The number of hydrogen-bond acceptors (Lipinski definition) is 4. The second kappa shape index (κ2) is 6.43. The van der Waals surface area contributed by atoms with E-state index in [0.29, 0.717) is 0 Å². The number of nitrogens with zero attached hydrogens (tertiary/aromatic N) is 3. The van der Waals surface area contributed by atoms with Gasteiger partial charge in [0.15, 0.2) is 0 Å². The van der Waals surface area contributed by atoms with Gasteiger partial charge in [-0.25, -0.2) is 9.97 Å². The van der Waals surface area contributed by atoms with E-state index >= 15 is 0 Å². The lowest BCUT2D eigenvalue weighted by molar-refractivity contribution is 0.572. The van der Waals surface area contributed by atoms with Crippen LogP contribution in [0.2, 0.25) is 0 Å². The molecule has 110 valence electrons. The molecule has 1 aliphatic rings. The highest BCUT2D eigenvalue weighted by Crippen LogP contribution is 2.26. The first-order valence-electron chi connectivity index (χ1n) is 7.34. The number of benzene rings is 1. The van der Waals surface area contributed by atoms with Crippen molar-refractivity contribution < 1.29 is 0 Å². The fourth-order valence-electron chi connectivity index (χ4n) is 2.60. The molecule has 1 aromatic carbocycles. The molecule has 0 aliphatic carbocycles. The average molecular weight is 347 g/mol. The molecule has 1 fully saturated rings. The summed E-state index contributed by atoms with van der Waals surface area (Å²) in [5.74, 6) is 2.67. The van der Waals surface area contributed by atoms with Crippen molar-refractivity contribution in [2.24, 2.45) is 0 Å². The lowest BCUT2D eigenvalue weighted by atomic mass is 10.1. The fraction of sp³-hybridized carbons (Fsp3) is 0.375. The highest BCUT2D eigenvalue weighted by Gasteiger charge is 2.14. The molecular formula is C16H19BrN4. The molecule has 2 heterocycles. The van der Waals surface area contributed by atoms with E-state index in [0.717, 1.165) is 40.7 Å². The predicted octanol–water partition coefficient (Wildman–Crippen LogP) is 4.28. The maximum Gasteiger partial charge on any atom is 0.136 e. The number of halogens is 1. The Kier molecular flexibility index (Phi) is 4.39. The molecule has 1 saturated heterocycles. The van der Waals surface area contributed by atoms with Crippen LogP contribution in [0, 0.1) is 6.92 Å². The van der Waals surface area contributed by atoms with Crippen molar-refractivity contribution in [2.45, 2.75) is 26.2 Å². The number of anilines is 3. The molecule has 0 unspecified atom stereocenters. The van der Waals surface area contributed by atoms with Crippen LogP contribution in [-0.4, -0.2) is 23.1 Å². The Morgan fingerprint density at radius 3 is 2.62 bits per heavy atom. The van der Waals surface area contributed by atoms with Gasteiger partial charge in [-0.3, -0.25) is 0 Å². The smallest absolute Gasteiger partial charge is 0.136 e. The van der Waals surface area contributed by atoms with Crippen molar-refractivity contribution in [3.63, 3.8) is 0 Å². The fourth-order valence-corrected chi connectivity index (χ4v) is 2.99. The lowest BCUT2D eigenvalue weighted by Crippen LogP contribution is -2.30. The Labute approximate surface area is 133 Å². The first kappa shape index (κ1) is 14.3. The summed E-state index contributed by atoms with van der Waals surface area (Å²) in [6.45, 7) is 4.12. The predicted molar refractivity (Wildman–Crippen MR) is 90.3 cm³/mol. The van der Waals surface area contributed by atoms with E-state index < -0.39 is 0 Å². The van der Waals surface area contributed by atoms with Gasteiger partial charge in [-0.1, -0.05) is 12.1 Å².